The molecule has 0 aliphatic rings. The van der Waals surface area contributed by atoms with E-state index in [0.717, 1.165) is 42.8 Å². The number of nitrogens with zero attached hydrogens (tertiary/aromatic N) is 1. The molecule has 0 unspecified atom stereocenters. The van der Waals surface area contributed by atoms with Crippen LogP contribution < -0.4 is 5.32 Å². The molecule has 6 heteroatoms. The molecule has 148 valence electrons. The van der Waals surface area contributed by atoms with E-state index in [1.807, 2.05) is 42.5 Å². The highest BCUT2D eigenvalue weighted by molar-refractivity contribution is 9.10. The standard InChI is InChI=1S/C24H17BrN2O2S/c1-14-2-8-20-22(10-14)30-24(27-20)15-3-6-18(7-4-15)26-23(28)11-16-13-29-21-9-5-17(25)12-19(16)21/h2-10,12-13H,11H2,1H3,(H,26,28). The predicted molar refractivity (Wildman–Crippen MR) is 126 cm³/mol. The minimum atomic E-state index is -0.0825. The van der Waals surface area contributed by atoms with E-state index in [2.05, 4.69) is 46.4 Å². The van der Waals surface area contributed by atoms with Crippen molar-refractivity contribution in [1.29, 1.82) is 0 Å². The topological polar surface area (TPSA) is 55.1 Å². The molecule has 2 heterocycles. The fourth-order valence-corrected chi connectivity index (χ4v) is 4.85. The van der Waals surface area contributed by atoms with Crippen LogP contribution in [-0.4, -0.2) is 10.9 Å². The largest absolute Gasteiger partial charge is 0.464 e. The summed E-state index contributed by atoms with van der Waals surface area (Å²) in [4.78, 5) is 17.3. The fraction of sp³-hybridized carbons (Fsp3) is 0.0833. The van der Waals surface area contributed by atoms with Gasteiger partial charge < -0.3 is 9.73 Å². The van der Waals surface area contributed by atoms with Crippen LogP contribution in [0.2, 0.25) is 0 Å². The van der Waals surface area contributed by atoms with Gasteiger partial charge in [-0.05, 0) is 67.1 Å². The van der Waals surface area contributed by atoms with Gasteiger partial charge in [0.15, 0.2) is 0 Å². The molecule has 5 rings (SSSR count). The minimum absolute atomic E-state index is 0.0825. The first-order valence-corrected chi connectivity index (χ1v) is 11.1. The molecule has 4 nitrogen and oxygen atoms in total. The molecule has 1 amide bonds. The highest BCUT2D eigenvalue weighted by Crippen LogP contribution is 2.31. The quantitative estimate of drug-likeness (QED) is 0.304. The normalized spacial score (nSPS) is 11.3. The first-order chi connectivity index (χ1) is 14.5. The molecule has 0 radical (unpaired) electrons. The summed E-state index contributed by atoms with van der Waals surface area (Å²) in [5.41, 5.74) is 5.68. The lowest BCUT2D eigenvalue weighted by Gasteiger charge is -2.05. The zero-order valence-electron chi connectivity index (χ0n) is 16.1. The van der Waals surface area contributed by atoms with Crippen LogP contribution >= 0.6 is 27.3 Å². The number of furan rings is 1. The van der Waals surface area contributed by atoms with Crippen LogP contribution in [0.1, 0.15) is 11.1 Å². The second kappa shape index (κ2) is 7.70. The van der Waals surface area contributed by atoms with E-state index in [1.165, 1.54) is 10.3 Å². The van der Waals surface area contributed by atoms with Crippen molar-refractivity contribution in [3.05, 3.63) is 82.5 Å². The molecule has 0 aliphatic carbocycles. The Hall–Kier alpha value is -2.96. The lowest BCUT2D eigenvalue weighted by atomic mass is 10.1. The molecule has 0 saturated carbocycles. The molecule has 3 aromatic carbocycles. The zero-order chi connectivity index (χ0) is 20.7. The lowest BCUT2D eigenvalue weighted by Crippen LogP contribution is -2.14. The van der Waals surface area contributed by atoms with Crippen LogP contribution in [0.3, 0.4) is 0 Å². The van der Waals surface area contributed by atoms with Gasteiger partial charge >= 0.3 is 0 Å². The Morgan fingerprint density at radius 1 is 1.10 bits per heavy atom. The highest BCUT2D eigenvalue weighted by Gasteiger charge is 2.12. The van der Waals surface area contributed by atoms with Crippen molar-refractivity contribution in [2.24, 2.45) is 0 Å². The number of fused-ring (bicyclic) bond motifs is 2. The number of aromatic nitrogens is 1. The van der Waals surface area contributed by atoms with Crippen LogP contribution in [0.25, 0.3) is 31.8 Å². The number of hydrogen-bond acceptors (Lipinski definition) is 4. The predicted octanol–water partition coefficient (Wildman–Crippen LogP) is 6.96. The molecular weight excluding hydrogens is 460 g/mol. The summed E-state index contributed by atoms with van der Waals surface area (Å²) in [7, 11) is 0. The van der Waals surface area contributed by atoms with Crippen LogP contribution in [0, 0.1) is 6.92 Å². The Morgan fingerprint density at radius 2 is 1.93 bits per heavy atom. The number of halogens is 1. The monoisotopic (exact) mass is 476 g/mol. The molecule has 1 N–H and O–H groups in total. The number of carbonyl (C=O) groups is 1. The van der Waals surface area contributed by atoms with Crippen LogP contribution in [0.4, 0.5) is 5.69 Å². The van der Waals surface area contributed by atoms with Gasteiger partial charge in [-0.15, -0.1) is 11.3 Å². The van der Waals surface area contributed by atoms with E-state index >= 15 is 0 Å². The zero-order valence-corrected chi connectivity index (χ0v) is 18.5. The van der Waals surface area contributed by atoms with E-state index in [4.69, 9.17) is 9.40 Å². The smallest absolute Gasteiger partial charge is 0.228 e. The summed E-state index contributed by atoms with van der Waals surface area (Å²) < 4.78 is 7.68. The Kier molecular flexibility index (Phi) is 4.89. The van der Waals surface area contributed by atoms with E-state index < -0.39 is 0 Å². The number of rotatable bonds is 4. The maximum absolute atomic E-state index is 12.5. The summed E-state index contributed by atoms with van der Waals surface area (Å²) >= 11 is 5.14. The van der Waals surface area contributed by atoms with E-state index in [1.54, 1.807) is 17.6 Å². The van der Waals surface area contributed by atoms with Crippen molar-refractivity contribution in [3.63, 3.8) is 0 Å². The minimum Gasteiger partial charge on any atom is -0.464 e. The summed E-state index contributed by atoms with van der Waals surface area (Å²) in [5.74, 6) is -0.0825. The Morgan fingerprint density at radius 3 is 2.77 bits per heavy atom. The van der Waals surface area contributed by atoms with Gasteiger partial charge in [0.25, 0.3) is 0 Å². The van der Waals surface area contributed by atoms with Gasteiger partial charge in [0, 0.05) is 26.7 Å². The number of hydrogen-bond donors (Lipinski definition) is 1. The molecule has 0 fully saturated rings. The van der Waals surface area contributed by atoms with Gasteiger partial charge in [-0.2, -0.15) is 0 Å². The van der Waals surface area contributed by atoms with E-state index in [0.29, 0.717) is 0 Å². The second-order valence-corrected chi connectivity index (χ2v) is 9.14. The molecule has 0 saturated heterocycles. The third kappa shape index (κ3) is 3.76. The number of amides is 1. The lowest BCUT2D eigenvalue weighted by molar-refractivity contribution is -0.115. The molecule has 0 atom stereocenters. The van der Waals surface area contributed by atoms with E-state index in [-0.39, 0.29) is 12.3 Å². The molecule has 30 heavy (non-hydrogen) atoms. The maximum atomic E-state index is 12.5. The average molecular weight is 477 g/mol. The Balaban J connectivity index is 1.31. The number of anilines is 1. The first-order valence-electron chi connectivity index (χ1n) is 9.48. The number of aryl methyl sites for hydroxylation is 1. The van der Waals surface area contributed by atoms with Crippen LogP contribution in [-0.2, 0) is 11.2 Å². The highest BCUT2D eigenvalue weighted by atomic mass is 79.9. The molecule has 5 aromatic rings. The molecule has 0 bridgehead atoms. The summed E-state index contributed by atoms with van der Waals surface area (Å²) in [6.45, 7) is 2.08. The van der Waals surface area contributed by atoms with Crippen molar-refractivity contribution >= 4 is 60.0 Å². The summed E-state index contributed by atoms with van der Waals surface area (Å²) in [5, 5.41) is 4.88. The fourth-order valence-electron chi connectivity index (χ4n) is 3.42. The van der Waals surface area contributed by atoms with Crippen molar-refractivity contribution in [2.75, 3.05) is 5.32 Å². The molecule has 0 aliphatic heterocycles. The molecular formula is C24H17BrN2O2S. The second-order valence-electron chi connectivity index (χ2n) is 7.19. The van der Waals surface area contributed by atoms with Crippen LogP contribution in [0.15, 0.2) is 75.8 Å². The summed E-state index contributed by atoms with van der Waals surface area (Å²) in [6, 6.07) is 19.9. The number of carbonyl (C=O) groups excluding carboxylic acids is 1. The average Bonchev–Trinajstić information content (AvgIpc) is 3.32. The van der Waals surface area contributed by atoms with E-state index in [9.17, 15) is 4.79 Å². The maximum Gasteiger partial charge on any atom is 0.228 e. The van der Waals surface area contributed by atoms with Gasteiger partial charge in [0.05, 0.1) is 22.9 Å². The Bertz CT molecular complexity index is 1390. The van der Waals surface area contributed by atoms with Gasteiger partial charge in [-0.25, -0.2) is 4.98 Å². The van der Waals surface area contributed by atoms with Crippen molar-refractivity contribution in [3.8, 4) is 10.6 Å². The Labute approximate surface area is 185 Å². The third-order valence-electron chi connectivity index (χ3n) is 4.93. The number of benzene rings is 3. The van der Waals surface area contributed by atoms with Crippen molar-refractivity contribution < 1.29 is 9.21 Å². The summed E-state index contributed by atoms with van der Waals surface area (Å²) in [6.07, 6.45) is 1.90. The third-order valence-corrected chi connectivity index (χ3v) is 6.49. The first kappa shape index (κ1) is 19.0. The molecule has 0 spiro atoms. The van der Waals surface area contributed by atoms with Gasteiger partial charge in [-0.3, -0.25) is 4.79 Å². The number of thiazole rings is 1. The molecule has 2 aromatic heterocycles. The SMILES string of the molecule is Cc1ccc2nc(-c3ccc(NC(=O)Cc4coc5ccc(Br)cc45)cc3)sc2c1. The van der Waals surface area contributed by atoms with Crippen molar-refractivity contribution in [1.82, 2.24) is 4.98 Å². The van der Waals surface area contributed by atoms with Gasteiger partial charge in [0.2, 0.25) is 5.91 Å². The van der Waals surface area contributed by atoms with Gasteiger partial charge in [0.1, 0.15) is 10.6 Å². The number of nitrogens with one attached hydrogen (secondary N) is 1. The van der Waals surface area contributed by atoms with Gasteiger partial charge in [-0.1, -0.05) is 22.0 Å². The van der Waals surface area contributed by atoms with Crippen LogP contribution in [0.5, 0.6) is 0 Å². The van der Waals surface area contributed by atoms with Crippen molar-refractivity contribution in [2.45, 2.75) is 13.3 Å².